The Morgan fingerprint density at radius 3 is 2.13 bits per heavy atom. The summed E-state index contributed by atoms with van der Waals surface area (Å²) in [5.41, 5.74) is 3.51. The number of aliphatic hydroxyl groups excluding tert-OH is 1. The molecular weight excluding hydrogens is 292 g/mol. The second-order valence-electron chi connectivity index (χ2n) is 5.03. The first-order chi connectivity index (χ1) is 11.2. The summed E-state index contributed by atoms with van der Waals surface area (Å²) in [6.45, 7) is 0. The van der Waals surface area contributed by atoms with Crippen molar-refractivity contribution in [2.45, 2.75) is 6.10 Å². The van der Waals surface area contributed by atoms with E-state index in [4.69, 9.17) is 5.11 Å². The van der Waals surface area contributed by atoms with Gasteiger partial charge in [-0.1, -0.05) is 24.3 Å². The van der Waals surface area contributed by atoms with E-state index >= 15 is 0 Å². The van der Waals surface area contributed by atoms with Crippen molar-refractivity contribution >= 4 is 5.97 Å². The lowest BCUT2D eigenvalue weighted by atomic mass is 9.93. The summed E-state index contributed by atoms with van der Waals surface area (Å²) in [6, 6.07) is 12.6. The maximum Gasteiger partial charge on any atom is 0.337 e. The molecule has 114 valence electrons. The number of rotatable bonds is 4. The smallest absolute Gasteiger partial charge is 0.337 e. The van der Waals surface area contributed by atoms with Gasteiger partial charge in [-0.15, -0.1) is 0 Å². The van der Waals surface area contributed by atoms with Crippen LogP contribution >= 0.6 is 0 Å². The Kier molecular flexibility index (Phi) is 4.12. The van der Waals surface area contributed by atoms with E-state index in [-0.39, 0.29) is 0 Å². The van der Waals surface area contributed by atoms with Crippen LogP contribution in [-0.2, 0) is 4.79 Å². The molecule has 5 heteroatoms. The molecule has 23 heavy (non-hydrogen) atoms. The molecule has 0 saturated heterocycles. The summed E-state index contributed by atoms with van der Waals surface area (Å²) in [5.74, 6) is -1.29. The molecule has 1 atom stereocenters. The standard InChI is InChI=1S/C18H14N2O3/c21-17(18(22)23)15-6-5-12(13-3-1-7-19-10-13)9-16(15)14-4-2-8-20-11-14/h1-11,17,21H,(H,22,23). The minimum absolute atomic E-state index is 0.332. The fourth-order valence-electron chi connectivity index (χ4n) is 2.41. The molecule has 2 N–H and O–H groups in total. The lowest BCUT2D eigenvalue weighted by molar-refractivity contribution is -0.146. The third-order valence-electron chi connectivity index (χ3n) is 3.55. The first-order valence-corrected chi connectivity index (χ1v) is 7.02. The van der Waals surface area contributed by atoms with Gasteiger partial charge in [0.1, 0.15) is 0 Å². The van der Waals surface area contributed by atoms with Crippen molar-refractivity contribution in [3.8, 4) is 22.3 Å². The van der Waals surface area contributed by atoms with Crippen LogP contribution in [0.15, 0.2) is 67.3 Å². The number of benzene rings is 1. The number of nitrogens with zero attached hydrogens (tertiary/aromatic N) is 2. The number of carboxylic acid groups (broad SMARTS) is 1. The molecular formula is C18H14N2O3. The minimum Gasteiger partial charge on any atom is -0.479 e. The van der Waals surface area contributed by atoms with Crippen molar-refractivity contribution < 1.29 is 15.0 Å². The van der Waals surface area contributed by atoms with E-state index < -0.39 is 12.1 Å². The van der Waals surface area contributed by atoms with Crippen molar-refractivity contribution in [3.05, 3.63) is 72.8 Å². The highest BCUT2D eigenvalue weighted by atomic mass is 16.4. The normalized spacial score (nSPS) is 11.9. The Morgan fingerprint density at radius 2 is 1.57 bits per heavy atom. The number of carboxylic acids is 1. The van der Waals surface area contributed by atoms with E-state index in [0.717, 1.165) is 16.7 Å². The van der Waals surface area contributed by atoms with Gasteiger partial charge >= 0.3 is 5.97 Å². The van der Waals surface area contributed by atoms with Gasteiger partial charge in [-0.2, -0.15) is 0 Å². The van der Waals surface area contributed by atoms with Gasteiger partial charge in [0.05, 0.1) is 0 Å². The molecule has 0 amide bonds. The molecule has 0 aliphatic heterocycles. The van der Waals surface area contributed by atoms with Gasteiger partial charge in [-0.05, 0) is 34.9 Å². The first kappa shape index (κ1) is 14.9. The maximum absolute atomic E-state index is 11.2. The fraction of sp³-hybridized carbons (Fsp3) is 0.0556. The average Bonchev–Trinajstić information content (AvgIpc) is 2.62. The molecule has 0 radical (unpaired) electrons. The lowest BCUT2D eigenvalue weighted by Gasteiger charge is -2.14. The number of aliphatic carboxylic acids is 1. The van der Waals surface area contributed by atoms with Crippen molar-refractivity contribution in [3.63, 3.8) is 0 Å². The summed E-state index contributed by atoms with van der Waals surface area (Å²) in [6.07, 6.45) is 5.11. The van der Waals surface area contributed by atoms with Crippen LogP contribution in [0.4, 0.5) is 0 Å². The number of carbonyl (C=O) groups is 1. The van der Waals surface area contributed by atoms with Crippen LogP contribution in [-0.4, -0.2) is 26.2 Å². The average molecular weight is 306 g/mol. The predicted octanol–water partition coefficient (Wildman–Crippen LogP) is 2.93. The van der Waals surface area contributed by atoms with E-state index in [1.807, 2.05) is 24.3 Å². The summed E-state index contributed by atoms with van der Waals surface area (Å²) in [4.78, 5) is 19.3. The second kappa shape index (κ2) is 6.37. The van der Waals surface area contributed by atoms with Crippen LogP contribution in [0.5, 0.6) is 0 Å². The molecule has 0 spiro atoms. The summed E-state index contributed by atoms with van der Waals surface area (Å²) < 4.78 is 0. The van der Waals surface area contributed by atoms with Crippen LogP contribution in [0.1, 0.15) is 11.7 Å². The van der Waals surface area contributed by atoms with Gasteiger partial charge < -0.3 is 10.2 Å². The molecule has 2 aromatic heterocycles. The van der Waals surface area contributed by atoms with Gasteiger partial charge in [0.15, 0.2) is 6.10 Å². The highest BCUT2D eigenvalue weighted by molar-refractivity contribution is 5.82. The Hall–Kier alpha value is -3.05. The van der Waals surface area contributed by atoms with Crippen molar-refractivity contribution in [2.24, 2.45) is 0 Å². The number of hydrogen-bond acceptors (Lipinski definition) is 4. The highest BCUT2D eigenvalue weighted by Gasteiger charge is 2.20. The summed E-state index contributed by atoms with van der Waals surface area (Å²) in [7, 11) is 0. The van der Waals surface area contributed by atoms with Gasteiger partial charge in [-0.3, -0.25) is 9.97 Å². The summed E-state index contributed by atoms with van der Waals surface area (Å²) in [5, 5.41) is 19.1. The minimum atomic E-state index is -1.59. The van der Waals surface area contributed by atoms with Gasteiger partial charge in [0.2, 0.25) is 0 Å². The van der Waals surface area contributed by atoms with E-state index in [0.29, 0.717) is 11.1 Å². The lowest BCUT2D eigenvalue weighted by Crippen LogP contribution is -2.11. The molecule has 0 aliphatic carbocycles. The van der Waals surface area contributed by atoms with Crippen molar-refractivity contribution in [1.82, 2.24) is 9.97 Å². The number of aliphatic hydroxyl groups is 1. The Balaban J connectivity index is 2.17. The Morgan fingerprint density at radius 1 is 0.913 bits per heavy atom. The molecule has 3 rings (SSSR count). The number of pyridine rings is 2. The monoisotopic (exact) mass is 306 g/mol. The second-order valence-corrected chi connectivity index (χ2v) is 5.03. The molecule has 0 fully saturated rings. The SMILES string of the molecule is O=C(O)C(O)c1ccc(-c2cccnc2)cc1-c1cccnc1. The number of hydrogen-bond donors (Lipinski definition) is 2. The molecule has 3 aromatic rings. The van der Waals surface area contributed by atoms with E-state index in [2.05, 4.69) is 9.97 Å². The Bertz CT molecular complexity index is 820. The fourth-order valence-corrected chi connectivity index (χ4v) is 2.41. The van der Waals surface area contributed by atoms with Gasteiger partial charge in [-0.25, -0.2) is 4.79 Å². The van der Waals surface area contributed by atoms with Crippen LogP contribution in [0.25, 0.3) is 22.3 Å². The zero-order valence-corrected chi connectivity index (χ0v) is 12.1. The van der Waals surface area contributed by atoms with Crippen LogP contribution in [0.3, 0.4) is 0 Å². The van der Waals surface area contributed by atoms with E-state index in [1.54, 1.807) is 43.0 Å². The molecule has 0 bridgehead atoms. The third-order valence-corrected chi connectivity index (χ3v) is 3.55. The largest absolute Gasteiger partial charge is 0.479 e. The molecule has 2 heterocycles. The van der Waals surface area contributed by atoms with Crippen LogP contribution in [0, 0.1) is 0 Å². The van der Waals surface area contributed by atoms with Crippen molar-refractivity contribution in [1.29, 1.82) is 0 Å². The zero-order chi connectivity index (χ0) is 16.2. The summed E-state index contributed by atoms with van der Waals surface area (Å²) >= 11 is 0. The van der Waals surface area contributed by atoms with E-state index in [1.165, 1.54) is 0 Å². The molecule has 0 aliphatic rings. The van der Waals surface area contributed by atoms with Gasteiger partial charge in [0.25, 0.3) is 0 Å². The van der Waals surface area contributed by atoms with Crippen LogP contribution < -0.4 is 0 Å². The predicted molar refractivity (Wildman–Crippen MR) is 85.5 cm³/mol. The zero-order valence-electron chi connectivity index (χ0n) is 12.1. The van der Waals surface area contributed by atoms with E-state index in [9.17, 15) is 9.90 Å². The Labute approximate surface area is 132 Å². The first-order valence-electron chi connectivity index (χ1n) is 7.02. The molecule has 1 unspecified atom stereocenters. The number of aromatic nitrogens is 2. The highest BCUT2D eigenvalue weighted by Crippen LogP contribution is 2.32. The van der Waals surface area contributed by atoms with Crippen LogP contribution in [0.2, 0.25) is 0 Å². The van der Waals surface area contributed by atoms with Crippen molar-refractivity contribution in [2.75, 3.05) is 0 Å². The molecule has 0 saturated carbocycles. The molecule has 1 aromatic carbocycles. The van der Waals surface area contributed by atoms with Gasteiger partial charge in [0, 0.05) is 35.9 Å². The topological polar surface area (TPSA) is 83.3 Å². The maximum atomic E-state index is 11.2. The molecule has 5 nitrogen and oxygen atoms in total. The quantitative estimate of drug-likeness (QED) is 0.774. The third kappa shape index (κ3) is 3.09.